The SMILES string of the molecule is CON(C)C(=O)c1ccc(N)c([N+](=O)[O-])c1.CON(C)C(=O)c1ccc(Nc2ccnc(SC)n2)c(N)c1.CON(C)C(=O)c1ccc(Nc2ccnc(SC)n2)c([N+](=O)[O-])c1.CSc1nccc(Cl)n1.Nc1ccc(C(=O)O)cc1[N+](=O)[O-]. The van der Waals surface area contributed by atoms with Crippen LogP contribution in [0, 0.1) is 30.3 Å². The van der Waals surface area contributed by atoms with Crippen molar-refractivity contribution in [3.05, 3.63) is 167 Å². The number of nitro groups is 3. The lowest BCUT2D eigenvalue weighted by Crippen LogP contribution is -2.25. The molecule has 0 saturated carbocycles. The predicted molar refractivity (Wildman–Crippen MR) is 316 cm³/mol. The van der Waals surface area contributed by atoms with Crippen molar-refractivity contribution in [3.63, 3.8) is 0 Å². The highest BCUT2D eigenvalue weighted by molar-refractivity contribution is 7.98. The van der Waals surface area contributed by atoms with Crippen LogP contribution < -0.4 is 27.8 Å². The van der Waals surface area contributed by atoms with Crippen LogP contribution in [0.2, 0.25) is 5.15 Å². The van der Waals surface area contributed by atoms with E-state index in [-0.39, 0.29) is 56.7 Å². The zero-order chi connectivity index (χ0) is 62.8. The number of amides is 3. The lowest BCUT2D eigenvalue weighted by atomic mass is 10.1. The second-order valence-corrected chi connectivity index (χ2v) is 18.3. The summed E-state index contributed by atoms with van der Waals surface area (Å²) in [5.41, 5.74) is 17.6. The third-order valence-corrected chi connectivity index (χ3v) is 12.2. The van der Waals surface area contributed by atoms with Crippen LogP contribution in [-0.4, -0.2) is 150 Å². The maximum absolute atomic E-state index is 12.0. The number of rotatable bonds is 17. The standard InChI is InChI=1S/C14H15N5O4S.C14H17N5O2S.C9H11N3O4.C7H6N2O4.C5H5ClN2S/c1-18(23-2)13(20)9-4-5-10(11(8-9)19(21)22)16-12-6-7-15-14(17-12)24-3;1-19(21-2)13(20)9-4-5-11(10(15)8-9)17-12-6-7-16-14(18-12)22-3;1-11(16-2)9(13)6-3-4-7(10)8(5-6)12(14)15;8-5-2-1-4(7(10)11)3-6(5)9(12)13;1-9-5-7-3-2-4(6)8-5/h4-8H,1-3H3,(H,15,16,17);4-8H,15H2,1-3H3,(H,16,17,18);3-5H,10H2,1-2H3;1-3H,8H2,(H,10,11);2-3H,1H3. The van der Waals surface area contributed by atoms with Gasteiger partial charge in [-0.15, -0.1) is 0 Å². The molecule has 31 nitrogen and oxygen atoms in total. The molecule has 3 aromatic heterocycles. The summed E-state index contributed by atoms with van der Waals surface area (Å²) in [6.45, 7) is 0. The monoisotopic (exact) mass is 1240 g/mol. The van der Waals surface area contributed by atoms with Crippen molar-refractivity contribution >= 4 is 128 Å². The van der Waals surface area contributed by atoms with Crippen LogP contribution >= 0.6 is 46.9 Å². The minimum atomic E-state index is -1.22. The first-order valence-corrected chi connectivity index (χ1v) is 27.1. The summed E-state index contributed by atoms with van der Waals surface area (Å²) in [4.78, 5) is 115. The third-order valence-electron chi connectivity index (χ3n) is 10.3. The van der Waals surface area contributed by atoms with E-state index in [1.165, 1.54) is 120 Å². The van der Waals surface area contributed by atoms with E-state index in [1.54, 1.807) is 55.0 Å². The average molecular weight is 1240 g/mol. The largest absolute Gasteiger partial charge is 0.478 e. The quantitative estimate of drug-likeness (QED) is 0.0125. The van der Waals surface area contributed by atoms with Crippen molar-refractivity contribution < 1.29 is 53.6 Å². The number of anilines is 7. The van der Waals surface area contributed by atoms with Crippen LogP contribution in [0.15, 0.2) is 125 Å². The van der Waals surface area contributed by atoms with Crippen LogP contribution in [0.1, 0.15) is 41.4 Å². The molecule has 0 bridgehead atoms. The van der Waals surface area contributed by atoms with Gasteiger partial charge in [-0.05, 0) is 91.6 Å². The molecule has 3 amide bonds. The number of nitrogen functional groups attached to an aromatic ring is 3. The Labute approximate surface area is 496 Å². The molecule has 4 aromatic carbocycles. The molecule has 9 N–H and O–H groups in total. The first-order chi connectivity index (χ1) is 39.8. The molecule has 7 aromatic rings. The Morgan fingerprint density at radius 3 is 1.23 bits per heavy atom. The van der Waals surface area contributed by atoms with Gasteiger partial charge in [0.15, 0.2) is 15.5 Å². The number of carbonyl (C=O) groups excluding carboxylic acids is 3. The number of nitro benzene ring substituents is 3. The van der Waals surface area contributed by atoms with Gasteiger partial charge in [0.1, 0.15) is 33.9 Å². The van der Waals surface area contributed by atoms with Crippen LogP contribution in [-0.2, 0) is 14.5 Å². The highest BCUT2D eigenvalue weighted by atomic mass is 35.5. The van der Waals surface area contributed by atoms with Crippen LogP contribution in [0.5, 0.6) is 0 Å². The van der Waals surface area contributed by atoms with E-state index in [9.17, 15) is 49.5 Å². The number of nitrogens with zero attached hydrogens (tertiary/aromatic N) is 12. The number of hydrogen-bond donors (Lipinski definition) is 6. The summed E-state index contributed by atoms with van der Waals surface area (Å²) in [7, 11) is 8.45. The number of aromatic nitrogens is 6. The van der Waals surface area contributed by atoms with Crippen LogP contribution in [0.25, 0.3) is 0 Å². The van der Waals surface area contributed by atoms with Gasteiger partial charge >= 0.3 is 5.97 Å². The van der Waals surface area contributed by atoms with E-state index in [0.717, 1.165) is 27.3 Å². The van der Waals surface area contributed by atoms with E-state index in [0.29, 0.717) is 49.2 Å². The number of carboxylic acids is 1. The second-order valence-electron chi connectivity index (χ2n) is 15.6. The predicted octanol–water partition coefficient (Wildman–Crippen LogP) is 8.18. The topological polar surface area (TPSA) is 435 Å². The Kier molecular flexibility index (Phi) is 27.8. The molecule has 0 fully saturated rings. The second kappa shape index (κ2) is 34.0. The Bertz CT molecular complexity index is 3470. The van der Waals surface area contributed by atoms with Crippen LogP contribution in [0.4, 0.5) is 57.1 Å². The molecule has 0 aliphatic carbocycles. The molecule has 444 valence electrons. The molecule has 84 heavy (non-hydrogen) atoms. The summed E-state index contributed by atoms with van der Waals surface area (Å²) < 4.78 is 0. The highest BCUT2D eigenvalue weighted by Gasteiger charge is 2.22. The van der Waals surface area contributed by atoms with E-state index < -0.39 is 32.6 Å². The fourth-order valence-electron chi connectivity index (χ4n) is 5.91. The van der Waals surface area contributed by atoms with Gasteiger partial charge in [-0.2, -0.15) is 0 Å². The number of thioether (sulfide) groups is 3. The first-order valence-electron chi connectivity index (χ1n) is 23.1. The van der Waals surface area contributed by atoms with E-state index in [4.69, 9.17) is 43.6 Å². The van der Waals surface area contributed by atoms with Gasteiger partial charge in [0.05, 0.1) is 53.0 Å². The molecule has 0 aliphatic heterocycles. The summed E-state index contributed by atoms with van der Waals surface area (Å²) in [5, 5.41) is 52.3. The van der Waals surface area contributed by atoms with Gasteiger partial charge in [-0.3, -0.25) is 59.2 Å². The summed E-state index contributed by atoms with van der Waals surface area (Å²) >= 11 is 9.84. The van der Waals surface area contributed by atoms with Gasteiger partial charge < -0.3 is 32.9 Å². The average Bonchev–Trinajstić information content (AvgIpc) is 3.66. The zero-order valence-corrected chi connectivity index (χ0v) is 49.1. The molecule has 35 heteroatoms. The Morgan fingerprint density at radius 2 is 0.857 bits per heavy atom. The zero-order valence-electron chi connectivity index (χ0n) is 45.8. The van der Waals surface area contributed by atoms with Gasteiger partial charge in [0.25, 0.3) is 34.8 Å². The number of halogens is 1. The molecule has 0 atom stereocenters. The molecule has 3 heterocycles. The number of hydrogen-bond acceptors (Lipinski definition) is 27. The number of carboxylic acid groups (broad SMARTS) is 1. The maximum Gasteiger partial charge on any atom is 0.335 e. The minimum absolute atomic E-state index is 0.0154. The van der Waals surface area contributed by atoms with Gasteiger partial charge in [0.2, 0.25) is 0 Å². The first kappa shape index (κ1) is 68.7. The highest BCUT2D eigenvalue weighted by Crippen LogP contribution is 2.30. The number of nitrogens with two attached hydrogens (primary N) is 3. The van der Waals surface area contributed by atoms with Crippen molar-refractivity contribution in [1.82, 2.24) is 45.1 Å². The maximum atomic E-state index is 12.0. The Hall–Kier alpha value is -9.58. The van der Waals surface area contributed by atoms with Gasteiger partial charge in [0, 0.05) is 74.6 Å². The molecule has 0 saturated heterocycles. The number of aromatic carboxylic acids is 1. The van der Waals surface area contributed by atoms with Crippen molar-refractivity contribution in [1.29, 1.82) is 0 Å². The molecular weight excluding hydrogens is 1180 g/mol. The minimum Gasteiger partial charge on any atom is -0.478 e. The van der Waals surface area contributed by atoms with Gasteiger partial charge in [-0.1, -0.05) is 46.9 Å². The molecule has 0 aliphatic rings. The van der Waals surface area contributed by atoms with Crippen molar-refractivity contribution in [2.24, 2.45) is 0 Å². The van der Waals surface area contributed by atoms with E-state index >= 15 is 0 Å². The van der Waals surface area contributed by atoms with E-state index in [2.05, 4.69) is 45.4 Å². The number of benzene rings is 4. The number of carbonyl (C=O) groups is 4. The van der Waals surface area contributed by atoms with Crippen molar-refractivity contribution in [2.75, 3.05) is 89.1 Å². The number of hydroxylamine groups is 6. The summed E-state index contributed by atoms with van der Waals surface area (Å²) in [6, 6.07) is 21.3. The fraction of sp³-hybridized carbons (Fsp3) is 0.184. The molecule has 0 radical (unpaired) electrons. The lowest BCUT2D eigenvalue weighted by Gasteiger charge is -2.15. The van der Waals surface area contributed by atoms with Crippen molar-refractivity contribution in [2.45, 2.75) is 15.5 Å². The fourth-order valence-corrected chi connectivity index (χ4v) is 7.16. The lowest BCUT2D eigenvalue weighted by molar-refractivity contribution is -0.384. The molecule has 7 rings (SSSR count). The third kappa shape index (κ3) is 21.1. The Morgan fingerprint density at radius 1 is 0.512 bits per heavy atom. The number of nitrogens with one attached hydrogen (secondary N) is 2. The van der Waals surface area contributed by atoms with Crippen LogP contribution in [0.3, 0.4) is 0 Å². The normalized spacial score (nSPS) is 10.0. The van der Waals surface area contributed by atoms with E-state index in [1.807, 2.05) is 18.8 Å². The molecule has 0 unspecified atom stereocenters. The summed E-state index contributed by atoms with van der Waals surface area (Å²) in [6.07, 6.45) is 10.5. The molecule has 0 spiro atoms. The van der Waals surface area contributed by atoms with Crippen molar-refractivity contribution in [3.8, 4) is 0 Å². The smallest absolute Gasteiger partial charge is 0.335 e. The Balaban J connectivity index is 0.000000285. The van der Waals surface area contributed by atoms with Gasteiger partial charge in [-0.25, -0.2) is 49.9 Å². The molecular formula is C49H54ClN17O14S3. The summed E-state index contributed by atoms with van der Waals surface area (Å²) in [5.74, 6) is -1.40.